The molecule has 0 spiro atoms. The summed E-state index contributed by atoms with van der Waals surface area (Å²) in [5, 5.41) is 2.47. The molecule has 0 aromatic heterocycles. The van der Waals surface area contributed by atoms with E-state index in [1.807, 2.05) is 18.2 Å². The minimum Gasteiger partial charge on any atom is -0.317 e. The average molecular weight is 352 g/mol. The van der Waals surface area contributed by atoms with E-state index >= 15 is 0 Å². The quantitative estimate of drug-likeness (QED) is 0.646. The van der Waals surface area contributed by atoms with Crippen molar-refractivity contribution in [2.24, 2.45) is 0 Å². The Morgan fingerprint density at radius 3 is 2.62 bits per heavy atom. The maximum Gasteiger partial charge on any atom is 0.274 e. The van der Waals surface area contributed by atoms with Gasteiger partial charge in [-0.15, -0.1) is 0 Å². The number of likely N-dealkylation sites (tertiary alicyclic amines) is 1. The van der Waals surface area contributed by atoms with E-state index < -0.39 is 5.06 Å². The minimum atomic E-state index is -0.928. The molecule has 0 unspecified atom stereocenters. The third-order valence-corrected chi connectivity index (χ3v) is 6.13. The van der Waals surface area contributed by atoms with E-state index in [-0.39, 0.29) is 11.4 Å². The number of benzene rings is 1. The van der Waals surface area contributed by atoms with Crippen LogP contribution in [0.25, 0.3) is 0 Å². The van der Waals surface area contributed by atoms with Crippen molar-refractivity contribution in [1.82, 2.24) is 15.7 Å². The predicted molar refractivity (Wildman–Crippen MR) is 94.9 cm³/mol. The topological polar surface area (TPSA) is 53.6 Å². The Balaban J connectivity index is 1.65. The number of alkyl halides is 1. The monoisotopic (exact) mass is 351 g/mol. The van der Waals surface area contributed by atoms with Crippen molar-refractivity contribution in [3.63, 3.8) is 0 Å². The van der Waals surface area contributed by atoms with Crippen LogP contribution in [0.15, 0.2) is 30.3 Å². The second-order valence-electron chi connectivity index (χ2n) is 7.11. The molecule has 6 heteroatoms. The molecular weight excluding hydrogens is 326 g/mol. The molecular formula is C18H26ClN3O2. The van der Waals surface area contributed by atoms with Gasteiger partial charge in [-0.25, -0.2) is 10.3 Å². The van der Waals surface area contributed by atoms with Gasteiger partial charge in [0.05, 0.1) is 5.54 Å². The number of halogens is 1. The van der Waals surface area contributed by atoms with Crippen LogP contribution >= 0.6 is 11.6 Å². The van der Waals surface area contributed by atoms with Crippen molar-refractivity contribution < 1.29 is 9.63 Å². The van der Waals surface area contributed by atoms with Crippen LogP contribution in [0.1, 0.15) is 43.5 Å². The van der Waals surface area contributed by atoms with E-state index in [0.717, 1.165) is 32.5 Å². The molecule has 2 N–H and O–H groups in total. The second-order valence-corrected chi connectivity index (χ2v) is 7.72. The zero-order chi connectivity index (χ0) is 17.2. The first-order chi connectivity index (χ1) is 11.4. The Hall–Kier alpha value is -1.14. The van der Waals surface area contributed by atoms with E-state index in [2.05, 4.69) is 29.5 Å². The fourth-order valence-corrected chi connectivity index (χ4v) is 4.00. The van der Waals surface area contributed by atoms with Crippen molar-refractivity contribution in [2.75, 3.05) is 19.6 Å². The molecule has 1 aromatic carbocycles. The molecule has 0 saturated carbocycles. The number of nitrogens with zero attached hydrogens (tertiary/aromatic N) is 1. The molecule has 2 aliphatic rings. The summed E-state index contributed by atoms with van der Waals surface area (Å²) in [5.74, 6) is -0.272. The standard InChI is InChI=1S/C18H26ClN3O2/c1-17(2)18(19,10-13-22(17)15-8-11-20-12-9-15)24-21-16(23)14-6-4-3-5-7-14/h3-7,15,20H,8-13H2,1-2H3,(H,21,23)/t18-/m1/s1. The largest absolute Gasteiger partial charge is 0.317 e. The van der Waals surface area contributed by atoms with Crippen molar-refractivity contribution in [3.8, 4) is 0 Å². The minimum absolute atomic E-state index is 0.272. The van der Waals surface area contributed by atoms with Gasteiger partial charge in [-0.05, 0) is 51.9 Å². The van der Waals surface area contributed by atoms with E-state index in [0.29, 0.717) is 18.0 Å². The SMILES string of the molecule is CC1(C)N(C2CCNCC2)CC[C@@]1(Cl)ONC(=O)c1ccccc1. The van der Waals surface area contributed by atoms with Gasteiger partial charge >= 0.3 is 0 Å². The zero-order valence-corrected chi connectivity index (χ0v) is 15.1. The van der Waals surface area contributed by atoms with Crippen LogP contribution in [0.2, 0.25) is 0 Å². The van der Waals surface area contributed by atoms with Gasteiger partial charge in [0.25, 0.3) is 5.91 Å². The second kappa shape index (κ2) is 7.00. The molecule has 2 heterocycles. The average Bonchev–Trinajstić information content (AvgIpc) is 2.84. The smallest absolute Gasteiger partial charge is 0.274 e. The number of carbonyl (C=O) groups is 1. The summed E-state index contributed by atoms with van der Waals surface area (Å²) in [6.45, 7) is 7.16. The zero-order valence-electron chi connectivity index (χ0n) is 14.3. The fourth-order valence-electron chi connectivity index (χ4n) is 3.77. The number of piperidine rings is 1. The van der Waals surface area contributed by atoms with Gasteiger partial charge < -0.3 is 5.32 Å². The Labute approximate surface area is 148 Å². The highest BCUT2D eigenvalue weighted by Crippen LogP contribution is 2.45. The van der Waals surface area contributed by atoms with Gasteiger partial charge in [-0.3, -0.25) is 9.69 Å². The lowest BCUT2D eigenvalue weighted by Gasteiger charge is -2.45. The highest BCUT2D eigenvalue weighted by molar-refractivity contribution is 6.24. The van der Waals surface area contributed by atoms with Gasteiger partial charge in [0.15, 0.2) is 5.06 Å². The summed E-state index contributed by atoms with van der Waals surface area (Å²) < 4.78 is 0. The molecule has 0 radical (unpaired) electrons. The van der Waals surface area contributed by atoms with Crippen LogP contribution in [0.5, 0.6) is 0 Å². The molecule has 0 aliphatic carbocycles. The van der Waals surface area contributed by atoms with Crippen molar-refractivity contribution in [2.45, 2.75) is 49.8 Å². The van der Waals surface area contributed by atoms with E-state index in [1.165, 1.54) is 0 Å². The molecule has 2 fully saturated rings. The summed E-state index contributed by atoms with van der Waals surface area (Å²) in [7, 11) is 0. The van der Waals surface area contributed by atoms with Crippen LogP contribution in [0, 0.1) is 0 Å². The number of hydrogen-bond acceptors (Lipinski definition) is 4. The molecule has 132 valence electrons. The number of rotatable bonds is 4. The van der Waals surface area contributed by atoms with E-state index in [9.17, 15) is 4.79 Å². The lowest BCUT2D eigenvalue weighted by atomic mass is 9.94. The van der Waals surface area contributed by atoms with Crippen LogP contribution in [-0.2, 0) is 4.84 Å². The summed E-state index contributed by atoms with van der Waals surface area (Å²) in [4.78, 5) is 20.4. The third kappa shape index (κ3) is 3.31. The summed E-state index contributed by atoms with van der Waals surface area (Å²) in [6, 6.07) is 9.53. The van der Waals surface area contributed by atoms with Crippen molar-refractivity contribution in [3.05, 3.63) is 35.9 Å². The third-order valence-electron chi connectivity index (χ3n) is 5.40. The van der Waals surface area contributed by atoms with Gasteiger partial charge in [-0.2, -0.15) is 0 Å². The Bertz CT molecular complexity index is 575. The van der Waals surface area contributed by atoms with Gasteiger partial charge in [0.2, 0.25) is 0 Å². The van der Waals surface area contributed by atoms with Crippen LogP contribution in [0.4, 0.5) is 0 Å². The van der Waals surface area contributed by atoms with Crippen LogP contribution in [0.3, 0.4) is 0 Å². The highest BCUT2D eigenvalue weighted by atomic mass is 35.5. The van der Waals surface area contributed by atoms with Gasteiger partial charge in [0, 0.05) is 24.6 Å². The molecule has 1 amide bonds. The van der Waals surface area contributed by atoms with Crippen LogP contribution in [-0.4, -0.2) is 47.1 Å². The highest BCUT2D eigenvalue weighted by Gasteiger charge is 2.56. The Morgan fingerprint density at radius 2 is 1.96 bits per heavy atom. The number of nitrogens with one attached hydrogen (secondary N) is 2. The number of carbonyl (C=O) groups excluding carboxylic acids is 1. The Kier molecular flexibility index (Phi) is 5.16. The Morgan fingerprint density at radius 1 is 1.29 bits per heavy atom. The van der Waals surface area contributed by atoms with Crippen molar-refractivity contribution in [1.29, 1.82) is 0 Å². The van der Waals surface area contributed by atoms with E-state index in [1.54, 1.807) is 12.1 Å². The number of amides is 1. The first-order valence-corrected chi connectivity index (χ1v) is 9.02. The molecule has 3 rings (SSSR count). The molecule has 0 bridgehead atoms. The predicted octanol–water partition coefficient (Wildman–Crippen LogP) is 2.52. The first-order valence-electron chi connectivity index (χ1n) is 8.64. The van der Waals surface area contributed by atoms with Gasteiger partial charge in [-0.1, -0.05) is 29.8 Å². The van der Waals surface area contributed by atoms with E-state index in [4.69, 9.17) is 16.4 Å². The van der Waals surface area contributed by atoms with Crippen LogP contribution < -0.4 is 10.8 Å². The number of hydroxylamine groups is 1. The lowest BCUT2D eigenvalue weighted by Crippen LogP contribution is -2.58. The summed E-state index contributed by atoms with van der Waals surface area (Å²) >= 11 is 6.81. The number of hydrogen-bond donors (Lipinski definition) is 2. The molecule has 2 saturated heterocycles. The lowest BCUT2D eigenvalue weighted by molar-refractivity contribution is -0.0912. The summed E-state index contributed by atoms with van der Waals surface area (Å²) in [5.41, 5.74) is 2.75. The maximum atomic E-state index is 12.2. The molecule has 5 nitrogen and oxygen atoms in total. The molecule has 1 atom stereocenters. The fraction of sp³-hybridized carbons (Fsp3) is 0.611. The molecule has 1 aromatic rings. The molecule has 2 aliphatic heterocycles. The van der Waals surface area contributed by atoms with Gasteiger partial charge in [0.1, 0.15) is 0 Å². The molecule has 24 heavy (non-hydrogen) atoms. The normalized spacial score (nSPS) is 28.0. The summed E-state index contributed by atoms with van der Waals surface area (Å²) in [6.07, 6.45) is 2.92. The van der Waals surface area contributed by atoms with Crippen molar-refractivity contribution >= 4 is 17.5 Å². The maximum absolute atomic E-state index is 12.2. The first kappa shape index (κ1) is 17.7.